The molecule has 4 aliphatic heterocycles. The molecule has 0 bridgehead atoms. The number of phenols is 2. The standard InChI is InChI=1S/C56H63ClN12O6/c1-5-50(72)68-25-24-67(31-40(68)16-20-58)52-42-19-23-66(47-11-7-9-36-8-6-10-45(57)51(36)47)32-46(42)60-55(61-52)75-33-41-26-38(30-64(41)4)59-54(73)37-17-21-65(22-18-37)29-35-12-14-39(15-13-35)69-53(62-63-56(69)74)44-27-43(34(2)3)48(70)28-49(44)71/h5-15,27-28,34,37-38,40-41,70-71H,1,16-19,21-26,29-33H2,2-4H3,(H,59,73)(H,63,74)/t38-,40?,41-/m0/s1. The Kier molecular flexibility index (Phi) is 14.8. The summed E-state index contributed by atoms with van der Waals surface area (Å²) in [5.74, 6) is 0.578. The zero-order valence-electron chi connectivity index (χ0n) is 42.6. The van der Waals surface area contributed by atoms with E-state index in [2.05, 4.69) is 66.0 Å². The Balaban J connectivity index is 0.762. The first kappa shape index (κ1) is 51.0. The van der Waals surface area contributed by atoms with Gasteiger partial charge < -0.3 is 35.0 Å². The van der Waals surface area contributed by atoms with E-state index in [1.807, 2.05) is 63.4 Å². The van der Waals surface area contributed by atoms with Crippen LogP contribution in [-0.4, -0.2) is 139 Å². The lowest BCUT2D eigenvalue weighted by Crippen LogP contribution is -2.55. The van der Waals surface area contributed by atoms with Crippen LogP contribution in [0.15, 0.2) is 90.2 Å². The number of carbonyl (C=O) groups is 2. The number of hydrogen-bond donors (Lipinski definition) is 4. The van der Waals surface area contributed by atoms with Gasteiger partial charge in [0.15, 0.2) is 5.82 Å². The lowest BCUT2D eigenvalue weighted by atomic mass is 9.95. The molecular weight excluding hydrogens is 972 g/mol. The van der Waals surface area contributed by atoms with Gasteiger partial charge in [-0.05, 0) is 105 Å². The molecule has 19 heteroatoms. The van der Waals surface area contributed by atoms with Crippen molar-refractivity contribution in [1.82, 2.24) is 44.7 Å². The predicted molar refractivity (Wildman–Crippen MR) is 287 cm³/mol. The number of hydrogen-bond acceptors (Lipinski definition) is 14. The van der Waals surface area contributed by atoms with Gasteiger partial charge in [-0.3, -0.25) is 19.4 Å². The van der Waals surface area contributed by atoms with Gasteiger partial charge in [0, 0.05) is 80.0 Å². The second-order valence-corrected chi connectivity index (χ2v) is 21.0. The topological polar surface area (TPSA) is 212 Å². The molecule has 18 nitrogen and oxygen atoms in total. The van der Waals surface area contributed by atoms with Gasteiger partial charge in [0.05, 0.1) is 47.0 Å². The van der Waals surface area contributed by atoms with E-state index in [0.717, 1.165) is 71.6 Å². The number of carbonyl (C=O) groups excluding carboxylic acids is 2. The number of likely N-dealkylation sites (N-methyl/N-ethyl adjacent to an activating group) is 1. The highest BCUT2D eigenvalue weighted by Gasteiger charge is 2.36. The molecule has 1 unspecified atom stereocenters. The maximum Gasteiger partial charge on any atom is 0.348 e. The molecule has 4 aromatic carbocycles. The Labute approximate surface area is 440 Å². The number of anilines is 2. The lowest BCUT2D eigenvalue weighted by Gasteiger charge is -2.42. The largest absolute Gasteiger partial charge is 0.508 e. The molecule has 390 valence electrons. The third-order valence-electron chi connectivity index (χ3n) is 15.4. The van der Waals surface area contributed by atoms with Crippen LogP contribution in [0.3, 0.4) is 0 Å². The minimum atomic E-state index is -0.449. The van der Waals surface area contributed by atoms with Crippen LogP contribution < -0.4 is 25.5 Å². The number of nitrogens with one attached hydrogen (secondary N) is 2. The van der Waals surface area contributed by atoms with E-state index in [9.17, 15) is 29.9 Å². The summed E-state index contributed by atoms with van der Waals surface area (Å²) in [5, 5.41) is 43.7. The number of nitriles is 1. The molecule has 10 rings (SSSR count). The molecule has 2 aromatic heterocycles. The third-order valence-corrected chi connectivity index (χ3v) is 15.8. The van der Waals surface area contributed by atoms with E-state index in [1.54, 1.807) is 11.0 Å². The van der Waals surface area contributed by atoms with Gasteiger partial charge in [0.25, 0.3) is 0 Å². The van der Waals surface area contributed by atoms with Crippen molar-refractivity contribution in [2.45, 2.75) is 83.1 Å². The molecule has 6 heterocycles. The van der Waals surface area contributed by atoms with Gasteiger partial charge in [0.2, 0.25) is 11.8 Å². The number of ether oxygens (including phenoxy) is 1. The van der Waals surface area contributed by atoms with Crippen molar-refractivity contribution in [3.8, 4) is 40.7 Å². The van der Waals surface area contributed by atoms with E-state index >= 15 is 0 Å². The third kappa shape index (κ3) is 10.6. The maximum absolute atomic E-state index is 13.8. The highest BCUT2D eigenvalue weighted by atomic mass is 35.5. The molecule has 3 atom stereocenters. The van der Waals surface area contributed by atoms with Crippen LogP contribution in [-0.2, 0) is 29.1 Å². The Morgan fingerprint density at radius 2 is 1.75 bits per heavy atom. The molecule has 3 saturated heterocycles. The highest BCUT2D eigenvalue weighted by molar-refractivity contribution is 6.36. The number of amides is 2. The second-order valence-electron chi connectivity index (χ2n) is 20.6. The molecule has 0 aliphatic carbocycles. The molecule has 0 saturated carbocycles. The van der Waals surface area contributed by atoms with Crippen LogP contribution in [0, 0.1) is 17.2 Å². The molecular formula is C56H63ClN12O6. The summed E-state index contributed by atoms with van der Waals surface area (Å²) in [6.45, 7) is 13.4. The Bertz CT molecular complexity index is 3210. The van der Waals surface area contributed by atoms with Crippen LogP contribution in [0.5, 0.6) is 17.5 Å². The highest BCUT2D eigenvalue weighted by Crippen LogP contribution is 2.39. The number of phenolic OH excluding ortho intramolecular Hbond substituents is 2. The fourth-order valence-corrected chi connectivity index (χ4v) is 11.7. The van der Waals surface area contributed by atoms with Crippen molar-refractivity contribution in [1.29, 1.82) is 5.26 Å². The summed E-state index contributed by atoms with van der Waals surface area (Å²) < 4.78 is 7.94. The fourth-order valence-electron chi connectivity index (χ4n) is 11.4. The average Bonchev–Trinajstić information content (AvgIpc) is 3.97. The number of piperazine rings is 1. The van der Waals surface area contributed by atoms with Gasteiger partial charge in [-0.25, -0.2) is 14.5 Å². The van der Waals surface area contributed by atoms with Gasteiger partial charge in [-0.1, -0.05) is 68.4 Å². The molecule has 4 N–H and O–H groups in total. The zero-order chi connectivity index (χ0) is 52.5. The number of fused-ring (bicyclic) bond motifs is 2. The SMILES string of the molecule is C=CC(=O)N1CCN(c2nc(OC[C@@H]3C[C@H](NC(=O)C4CCN(Cc5ccc(-n6c(-c7cc(C(C)C)c(O)cc7O)n[nH]c6=O)cc5)CC4)CN3C)nc3c2CCN(c2cccc4cccc(Cl)c24)C3)CC1CC#N. The first-order chi connectivity index (χ1) is 36.3. The average molecular weight is 1040 g/mol. The van der Waals surface area contributed by atoms with E-state index in [4.69, 9.17) is 26.3 Å². The first-order valence-corrected chi connectivity index (χ1v) is 26.2. The molecule has 3 fully saturated rings. The summed E-state index contributed by atoms with van der Waals surface area (Å²) in [7, 11) is 2.05. The lowest BCUT2D eigenvalue weighted by molar-refractivity contribution is -0.128. The summed E-state index contributed by atoms with van der Waals surface area (Å²) in [5.41, 5.74) is 5.08. The van der Waals surface area contributed by atoms with Crippen LogP contribution in [0.2, 0.25) is 5.02 Å². The fraction of sp³-hybridized carbons (Fsp3) is 0.411. The molecule has 6 aromatic rings. The number of aromatic amines is 1. The summed E-state index contributed by atoms with van der Waals surface area (Å²) in [6, 6.07) is 24.9. The van der Waals surface area contributed by atoms with Crippen molar-refractivity contribution < 1.29 is 24.5 Å². The molecule has 0 radical (unpaired) electrons. The van der Waals surface area contributed by atoms with Crippen LogP contribution in [0.4, 0.5) is 11.5 Å². The Morgan fingerprint density at radius 1 is 0.973 bits per heavy atom. The number of nitrogens with zero attached hydrogens (tertiary/aromatic N) is 10. The quantitative estimate of drug-likeness (QED) is 0.0857. The van der Waals surface area contributed by atoms with Crippen molar-refractivity contribution in [2.24, 2.45) is 5.92 Å². The van der Waals surface area contributed by atoms with Crippen LogP contribution in [0.1, 0.15) is 67.8 Å². The van der Waals surface area contributed by atoms with Gasteiger partial charge in [0.1, 0.15) is 23.9 Å². The minimum Gasteiger partial charge on any atom is -0.508 e. The number of rotatable bonds is 14. The van der Waals surface area contributed by atoms with Gasteiger partial charge in [-0.2, -0.15) is 20.3 Å². The number of aromatic hydroxyl groups is 2. The van der Waals surface area contributed by atoms with Crippen molar-refractivity contribution in [3.05, 3.63) is 123 Å². The molecule has 2 amide bonds. The molecule has 75 heavy (non-hydrogen) atoms. The first-order valence-electron chi connectivity index (χ1n) is 25.8. The zero-order valence-corrected chi connectivity index (χ0v) is 43.3. The smallest absolute Gasteiger partial charge is 0.348 e. The van der Waals surface area contributed by atoms with Crippen LogP contribution in [0.25, 0.3) is 27.8 Å². The van der Waals surface area contributed by atoms with E-state index in [0.29, 0.717) is 80.6 Å². The van der Waals surface area contributed by atoms with Crippen molar-refractivity contribution in [3.63, 3.8) is 0 Å². The number of H-pyrrole nitrogens is 1. The number of halogens is 1. The van der Waals surface area contributed by atoms with Crippen LogP contribution >= 0.6 is 11.6 Å². The van der Waals surface area contributed by atoms with Crippen molar-refractivity contribution in [2.75, 3.05) is 69.3 Å². The maximum atomic E-state index is 13.8. The van der Waals surface area contributed by atoms with E-state index < -0.39 is 5.69 Å². The normalized spacial score (nSPS) is 19.6. The van der Waals surface area contributed by atoms with E-state index in [-0.39, 0.29) is 71.5 Å². The van der Waals surface area contributed by atoms with Gasteiger partial charge in [-0.15, -0.1) is 0 Å². The molecule has 4 aliphatic rings. The second kappa shape index (κ2) is 21.8. The number of likely N-dealkylation sites (tertiary alicyclic amines) is 2. The van der Waals surface area contributed by atoms with Crippen molar-refractivity contribution >= 4 is 45.7 Å². The minimum absolute atomic E-state index is 0.00540. The monoisotopic (exact) mass is 1030 g/mol. The predicted octanol–water partition coefficient (Wildman–Crippen LogP) is 6.52. The molecule has 0 spiro atoms. The number of aromatic nitrogens is 5. The van der Waals surface area contributed by atoms with E-state index in [1.165, 1.54) is 16.7 Å². The van der Waals surface area contributed by atoms with Gasteiger partial charge >= 0.3 is 11.7 Å². The summed E-state index contributed by atoms with van der Waals surface area (Å²) >= 11 is 6.80. The summed E-state index contributed by atoms with van der Waals surface area (Å²) in [6.07, 6.45) is 4.35. The number of benzene rings is 4. The Morgan fingerprint density at radius 3 is 2.49 bits per heavy atom. The Hall–Kier alpha value is -7.46. The summed E-state index contributed by atoms with van der Waals surface area (Å²) in [4.78, 5) is 60.5. The number of piperidine rings is 1.